The Bertz CT molecular complexity index is 945. The first-order chi connectivity index (χ1) is 13.4. The molecule has 8 heteroatoms. The van der Waals surface area contributed by atoms with Crippen molar-refractivity contribution in [2.75, 3.05) is 37.6 Å². The van der Waals surface area contributed by atoms with Gasteiger partial charge in [-0.25, -0.2) is 8.42 Å². The molecule has 0 bridgehead atoms. The van der Waals surface area contributed by atoms with Crippen molar-refractivity contribution < 1.29 is 18.3 Å². The number of phenolic OH excluding ortho intramolecular Hbond substituents is 1. The number of benzene rings is 1. The summed E-state index contributed by atoms with van der Waals surface area (Å²) in [5.74, 6) is 0.229. The predicted molar refractivity (Wildman–Crippen MR) is 110 cm³/mol. The van der Waals surface area contributed by atoms with E-state index in [2.05, 4.69) is 9.80 Å². The van der Waals surface area contributed by atoms with Crippen molar-refractivity contribution in [1.29, 1.82) is 0 Å². The Morgan fingerprint density at radius 2 is 1.79 bits per heavy atom. The molecule has 150 valence electrons. The van der Waals surface area contributed by atoms with Gasteiger partial charge < -0.3 is 10.0 Å². The molecule has 3 heterocycles. The van der Waals surface area contributed by atoms with Crippen LogP contribution in [0.4, 0.5) is 5.69 Å². The summed E-state index contributed by atoms with van der Waals surface area (Å²) in [5, 5.41) is 10.5. The third-order valence-electron chi connectivity index (χ3n) is 5.63. The zero-order valence-electron chi connectivity index (χ0n) is 15.6. The molecule has 1 atom stereocenters. The Hall–Kier alpha value is -1.90. The Morgan fingerprint density at radius 1 is 1.07 bits per heavy atom. The molecule has 6 nitrogen and oxygen atoms in total. The summed E-state index contributed by atoms with van der Waals surface area (Å²) in [4.78, 5) is 16.9. The smallest absolute Gasteiger partial charge is 0.191 e. The maximum atomic E-state index is 12.7. The highest BCUT2D eigenvalue weighted by atomic mass is 32.2. The van der Waals surface area contributed by atoms with Crippen molar-refractivity contribution in [3.63, 3.8) is 0 Å². The number of aromatic hydroxyl groups is 1. The van der Waals surface area contributed by atoms with Crippen LogP contribution < -0.4 is 4.90 Å². The highest BCUT2D eigenvalue weighted by Gasteiger charge is 2.38. The topological polar surface area (TPSA) is 77.9 Å². The van der Waals surface area contributed by atoms with E-state index in [9.17, 15) is 18.3 Å². The van der Waals surface area contributed by atoms with Gasteiger partial charge in [-0.2, -0.15) is 0 Å². The van der Waals surface area contributed by atoms with Gasteiger partial charge in [-0.1, -0.05) is 0 Å². The largest absolute Gasteiger partial charge is 0.508 e. The van der Waals surface area contributed by atoms with Gasteiger partial charge in [0.05, 0.1) is 5.25 Å². The van der Waals surface area contributed by atoms with Gasteiger partial charge in [-0.05, 0) is 55.1 Å². The number of fused-ring (bicyclic) bond motifs is 1. The van der Waals surface area contributed by atoms with Crippen LogP contribution in [0.3, 0.4) is 0 Å². The predicted octanol–water partition coefficient (Wildman–Crippen LogP) is 2.78. The second kappa shape index (κ2) is 7.85. The zero-order chi connectivity index (χ0) is 19.7. The second-order valence-corrected chi connectivity index (χ2v) is 10.7. The molecular formula is C20H24N2O4S2. The number of carbonyl (C=O) groups excluding carboxylic acids is 1. The molecule has 28 heavy (non-hydrogen) atoms. The van der Waals surface area contributed by atoms with Gasteiger partial charge in [0.25, 0.3) is 0 Å². The van der Waals surface area contributed by atoms with E-state index in [0.717, 1.165) is 56.2 Å². The molecule has 2 aromatic rings. The number of thiophene rings is 1. The Morgan fingerprint density at radius 3 is 2.50 bits per heavy atom. The van der Waals surface area contributed by atoms with E-state index in [-0.39, 0.29) is 22.2 Å². The number of phenols is 1. The number of hydrogen-bond donors (Lipinski definition) is 1. The SMILES string of the molecule is O=C1CC(CCCN2CCN(c3ccc(O)cc3)CC2)S(=O)(=O)c2sccc21. The third-order valence-corrected chi connectivity index (χ3v) is 9.34. The van der Waals surface area contributed by atoms with Crippen molar-refractivity contribution in [2.24, 2.45) is 0 Å². The quantitative estimate of drug-likeness (QED) is 0.801. The lowest BCUT2D eigenvalue weighted by Gasteiger charge is -2.36. The molecule has 2 aliphatic heterocycles. The molecular weight excluding hydrogens is 396 g/mol. The van der Waals surface area contributed by atoms with Crippen LogP contribution in [0.5, 0.6) is 5.75 Å². The number of carbonyl (C=O) groups is 1. The maximum absolute atomic E-state index is 12.7. The maximum Gasteiger partial charge on any atom is 0.191 e. The average Bonchev–Trinajstić information content (AvgIpc) is 3.19. The normalized spacial score (nSPS) is 22.2. The first-order valence-electron chi connectivity index (χ1n) is 9.56. The molecule has 1 fully saturated rings. The van der Waals surface area contributed by atoms with Crippen LogP contribution in [0, 0.1) is 0 Å². The van der Waals surface area contributed by atoms with Gasteiger partial charge in [0, 0.05) is 43.9 Å². The zero-order valence-corrected chi connectivity index (χ0v) is 17.2. The van der Waals surface area contributed by atoms with E-state index in [4.69, 9.17) is 0 Å². The van der Waals surface area contributed by atoms with E-state index in [0.29, 0.717) is 12.0 Å². The summed E-state index contributed by atoms with van der Waals surface area (Å²) in [6, 6.07) is 8.88. The van der Waals surface area contributed by atoms with Crippen LogP contribution in [0.1, 0.15) is 29.6 Å². The summed E-state index contributed by atoms with van der Waals surface area (Å²) in [6.45, 7) is 4.51. The van der Waals surface area contributed by atoms with E-state index in [1.807, 2.05) is 12.1 Å². The summed E-state index contributed by atoms with van der Waals surface area (Å²) < 4.78 is 25.7. The van der Waals surface area contributed by atoms with Gasteiger partial charge in [-0.15, -0.1) is 11.3 Å². The van der Waals surface area contributed by atoms with Crippen molar-refractivity contribution in [3.05, 3.63) is 41.3 Å². The van der Waals surface area contributed by atoms with Crippen LogP contribution in [0.25, 0.3) is 0 Å². The highest BCUT2D eigenvalue weighted by Crippen LogP contribution is 2.35. The van der Waals surface area contributed by atoms with E-state index in [1.165, 1.54) is 0 Å². The minimum atomic E-state index is -3.37. The number of sulfone groups is 1. The van der Waals surface area contributed by atoms with Crippen LogP contribution in [-0.2, 0) is 9.84 Å². The number of nitrogens with zero attached hydrogens (tertiary/aromatic N) is 2. The number of hydrogen-bond acceptors (Lipinski definition) is 7. The molecule has 0 amide bonds. The van der Waals surface area contributed by atoms with E-state index < -0.39 is 15.1 Å². The van der Waals surface area contributed by atoms with Crippen LogP contribution in [-0.4, -0.2) is 62.2 Å². The summed E-state index contributed by atoms with van der Waals surface area (Å²) in [6.07, 6.45) is 1.42. The molecule has 0 aliphatic carbocycles. The molecule has 1 unspecified atom stereocenters. The fourth-order valence-corrected chi connectivity index (χ4v) is 7.38. The molecule has 0 spiro atoms. The summed E-state index contributed by atoms with van der Waals surface area (Å²) >= 11 is 1.16. The number of rotatable bonds is 5. The molecule has 1 aromatic heterocycles. The first-order valence-corrected chi connectivity index (χ1v) is 12.0. The highest BCUT2D eigenvalue weighted by molar-refractivity contribution is 7.94. The Labute approximate surface area is 169 Å². The first kappa shape index (κ1) is 19.4. The van der Waals surface area contributed by atoms with Crippen LogP contribution in [0.2, 0.25) is 0 Å². The monoisotopic (exact) mass is 420 g/mol. The molecule has 1 saturated heterocycles. The molecule has 4 rings (SSSR count). The van der Waals surface area contributed by atoms with E-state index in [1.54, 1.807) is 23.6 Å². The van der Waals surface area contributed by atoms with Gasteiger partial charge in [-0.3, -0.25) is 9.69 Å². The fourth-order valence-electron chi connectivity index (χ4n) is 3.99. The van der Waals surface area contributed by atoms with Crippen LogP contribution >= 0.6 is 11.3 Å². The van der Waals surface area contributed by atoms with Gasteiger partial charge in [0.2, 0.25) is 0 Å². The lowest BCUT2D eigenvalue weighted by atomic mass is 10.1. The van der Waals surface area contributed by atoms with Gasteiger partial charge in [0.1, 0.15) is 9.96 Å². The average molecular weight is 421 g/mol. The fraction of sp³-hybridized carbons (Fsp3) is 0.450. The minimum Gasteiger partial charge on any atom is -0.508 e. The van der Waals surface area contributed by atoms with Crippen molar-refractivity contribution in [2.45, 2.75) is 28.7 Å². The standard InChI is InChI=1S/C20H24N2O4S2/c23-16-5-3-15(4-6-16)22-11-9-21(10-12-22)8-1-2-17-14-19(24)18-7-13-27-20(18)28(17,25)26/h3-7,13,17,23H,1-2,8-12,14H2. The number of anilines is 1. The molecule has 2 aliphatic rings. The van der Waals surface area contributed by atoms with Crippen molar-refractivity contribution in [1.82, 2.24) is 4.90 Å². The summed E-state index contributed by atoms with van der Waals surface area (Å²) in [7, 11) is -3.37. The third kappa shape index (κ3) is 3.81. The molecule has 1 N–H and O–H groups in total. The summed E-state index contributed by atoms with van der Waals surface area (Å²) in [5.41, 5.74) is 1.49. The number of Topliss-reactive ketones (excluding diaryl/α,β-unsaturated/α-hetero) is 1. The van der Waals surface area contributed by atoms with Crippen LogP contribution in [0.15, 0.2) is 39.9 Å². The second-order valence-electron chi connectivity index (χ2n) is 7.40. The van der Waals surface area contributed by atoms with Gasteiger partial charge >= 0.3 is 0 Å². The molecule has 0 saturated carbocycles. The number of ketones is 1. The number of piperazine rings is 1. The Balaban J connectivity index is 1.27. The lowest BCUT2D eigenvalue weighted by molar-refractivity contribution is 0.0973. The minimum absolute atomic E-state index is 0.0430. The van der Waals surface area contributed by atoms with E-state index >= 15 is 0 Å². The molecule has 0 radical (unpaired) electrons. The lowest BCUT2D eigenvalue weighted by Crippen LogP contribution is -2.46. The van der Waals surface area contributed by atoms with Gasteiger partial charge in [0.15, 0.2) is 15.6 Å². The van der Waals surface area contributed by atoms with Crippen molar-refractivity contribution in [3.8, 4) is 5.75 Å². The van der Waals surface area contributed by atoms with Crippen molar-refractivity contribution >= 4 is 32.6 Å². The molecule has 1 aromatic carbocycles. The Kier molecular flexibility index (Phi) is 5.44.